The minimum atomic E-state index is -0.134. The highest BCUT2D eigenvalue weighted by Crippen LogP contribution is 2.34. The number of rotatable bonds is 3. The van der Waals surface area contributed by atoms with Crippen molar-refractivity contribution in [2.24, 2.45) is 0 Å². The SMILES string of the molecule is CCc1cccc(C)c1N1CC1C(=O)OC. The van der Waals surface area contributed by atoms with Gasteiger partial charge in [-0.1, -0.05) is 25.1 Å². The van der Waals surface area contributed by atoms with E-state index in [1.54, 1.807) is 0 Å². The van der Waals surface area contributed by atoms with Crippen LogP contribution in [-0.4, -0.2) is 25.7 Å². The van der Waals surface area contributed by atoms with E-state index < -0.39 is 0 Å². The van der Waals surface area contributed by atoms with Crippen molar-refractivity contribution in [1.29, 1.82) is 0 Å². The fourth-order valence-electron chi connectivity index (χ4n) is 2.14. The maximum atomic E-state index is 11.4. The van der Waals surface area contributed by atoms with Crippen molar-refractivity contribution < 1.29 is 9.53 Å². The van der Waals surface area contributed by atoms with E-state index in [9.17, 15) is 4.79 Å². The number of para-hydroxylation sites is 1. The second kappa shape index (κ2) is 4.16. The predicted octanol–water partition coefficient (Wildman–Crippen LogP) is 1.92. The van der Waals surface area contributed by atoms with Crippen molar-refractivity contribution in [3.05, 3.63) is 29.3 Å². The number of ether oxygens (including phenoxy) is 1. The van der Waals surface area contributed by atoms with Crippen molar-refractivity contribution in [2.45, 2.75) is 26.3 Å². The summed E-state index contributed by atoms with van der Waals surface area (Å²) in [6.07, 6.45) is 0.988. The molecule has 3 nitrogen and oxygen atoms in total. The molecule has 1 heterocycles. The maximum Gasteiger partial charge on any atom is 0.330 e. The first-order valence-corrected chi connectivity index (χ1v) is 5.62. The zero-order valence-electron chi connectivity index (χ0n) is 9.99. The van der Waals surface area contributed by atoms with Gasteiger partial charge in [-0.2, -0.15) is 0 Å². The minimum Gasteiger partial charge on any atom is -0.467 e. The van der Waals surface area contributed by atoms with Crippen molar-refractivity contribution in [2.75, 3.05) is 18.6 Å². The number of hydrogen-bond acceptors (Lipinski definition) is 3. The Morgan fingerprint density at radius 1 is 1.56 bits per heavy atom. The summed E-state index contributed by atoms with van der Waals surface area (Å²) >= 11 is 0. The fraction of sp³-hybridized carbons (Fsp3) is 0.462. The number of esters is 1. The second-order valence-electron chi connectivity index (χ2n) is 4.13. The molecule has 1 aliphatic heterocycles. The number of carbonyl (C=O) groups is 1. The molecule has 0 aliphatic carbocycles. The molecule has 1 aromatic carbocycles. The molecule has 3 heteroatoms. The number of benzene rings is 1. The molecule has 0 spiro atoms. The van der Waals surface area contributed by atoms with Gasteiger partial charge >= 0.3 is 5.97 Å². The summed E-state index contributed by atoms with van der Waals surface area (Å²) in [7, 11) is 1.44. The summed E-state index contributed by atoms with van der Waals surface area (Å²) in [6, 6.07) is 6.20. The van der Waals surface area contributed by atoms with Crippen LogP contribution in [0.5, 0.6) is 0 Å². The van der Waals surface area contributed by atoms with Crippen LogP contribution in [-0.2, 0) is 16.0 Å². The van der Waals surface area contributed by atoms with Crippen LogP contribution >= 0.6 is 0 Å². The predicted molar refractivity (Wildman–Crippen MR) is 63.7 cm³/mol. The Labute approximate surface area is 96.0 Å². The smallest absolute Gasteiger partial charge is 0.330 e. The molecular weight excluding hydrogens is 202 g/mol. The molecule has 0 radical (unpaired) electrons. The van der Waals surface area contributed by atoms with Crippen LogP contribution in [0.15, 0.2) is 18.2 Å². The van der Waals surface area contributed by atoms with Crippen LogP contribution in [0.4, 0.5) is 5.69 Å². The lowest BCUT2D eigenvalue weighted by atomic mass is 10.1. The summed E-state index contributed by atoms with van der Waals surface area (Å²) in [4.78, 5) is 13.5. The van der Waals surface area contributed by atoms with Gasteiger partial charge in [0.1, 0.15) is 6.04 Å². The molecule has 0 amide bonds. The van der Waals surface area contributed by atoms with Crippen LogP contribution in [0.3, 0.4) is 0 Å². The number of hydrogen-bond donors (Lipinski definition) is 0. The molecule has 1 aromatic rings. The molecule has 86 valence electrons. The molecule has 1 fully saturated rings. The summed E-state index contributed by atoms with van der Waals surface area (Å²) in [5.74, 6) is -0.134. The Hall–Kier alpha value is -1.51. The highest BCUT2D eigenvalue weighted by Gasteiger charge is 2.42. The summed E-state index contributed by atoms with van der Waals surface area (Å²) in [5, 5.41) is 0. The van der Waals surface area contributed by atoms with Gasteiger partial charge in [-0.05, 0) is 24.5 Å². The van der Waals surface area contributed by atoms with Gasteiger partial charge in [0.05, 0.1) is 13.7 Å². The van der Waals surface area contributed by atoms with E-state index in [1.165, 1.54) is 23.9 Å². The van der Waals surface area contributed by atoms with Crippen LogP contribution < -0.4 is 4.90 Å². The lowest BCUT2D eigenvalue weighted by Gasteiger charge is -2.13. The van der Waals surface area contributed by atoms with Gasteiger partial charge in [-0.15, -0.1) is 0 Å². The standard InChI is InChI=1S/C13H17NO2/c1-4-10-7-5-6-9(2)12(10)14-8-11(14)13(15)16-3/h5-7,11H,4,8H2,1-3H3. The monoisotopic (exact) mass is 219 g/mol. The molecule has 1 aliphatic rings. The Morgan fingerprint density at radius 2 is 2.31 bits per heavy atom. The molecule has 0 aromatic heterocycles. The van der Waals surface area contributed by atoms with Gasteiger partial charge in [-0.25, -0.2) is 4.79 Å². The number of nitrogens with zero attached hydrogens (tertiary/aromatic N) is 1. The Balaban J connectivity index is 2.26. The fourth-order valence-corrected chi connectivity index (χ4v) is 2.14. The number of anilines is 1. The number of methoxy groups -OCH3 is 1. The van der Waals surface area contributed by atoms with Gasteiger partial charge in [0.25, 0.3) is 0 Å². The first kappa shape index (κ1) is 11.0. The summed E-state index contributed by atoms with van der Waals surface area (Å²) in [5.41, 5.74) is 3.73. The van der Waals surface area contributed by atoms with Crippen molar-refractivity contribution in [3.63, 3.8) is 0 Å². The third kappa shape index (κ3) is 1.77. The van der Waals surface area contributed by atoms with Crippen molar-refractivity contribution in [3.8, 4) is 0 Å². The quantitative estimate of drug-likeness (QED) is 0.574. The zero-order valence-corrected chi connectivity index (χ0v) is 9.99. The molecule has 0 N–H and O–H groups in total. The van der Waals surface area contributed by atoms with Gasteiger partial charge in [0.2, 0.25) is 0 Å². The van der Waals surface area contributed by atoms with E-state index >= 15 is 0 Å². The average Bonchev–Trinajstić information content (AvgIpc) is 3.07. The third-order valence-electron chi connectivity index (χ3n) is 3.07. The Kier molecular flexibility index (Phi) is 2.86. The topological polar surface area (TPSA) is 29.3 Å². The summed E-state index contributed by atoms with van der Waals surface area (Å²) in [6.45, 7) is 5.00. The summed E-state index contributed by atoms with van der Waals surface area (Å²) < 4.78 is 4.76. The first-order chi connectivity index (χ1) is 7.69. The molecular formula is C13H17NO2. The van der Waals surface area contributed by atoms with Gasteiger partial charge in [0.15, 0.2) is 0 Å². The zero-order chi connectivity index (χ0) is 11.7. The third-order valence-corrected chi connectivity index (χ3v) is 3.07. The van der Waals surface area contributed by atoms with Crippen LogP contribution in [0.2, 0.25) is 0 Å². The van der Waals surface area contributed by atoms with Crippen molar-refractivity contribution in [1.82, 2.24) is 0 Å². The molecule has 1 saturated heterocycles. The Morgan fingerprint density at radius 3 is 2.94 bits per heavy atom. The highest BCUT2D eigenvalue weighted by molar-refractivity contribution is 5.87. The van der Waals surface area contributed by atoms with Crippen LogP contribution in [0.1, 0.15) is 18.1 Å². The largest absolute Gasteiger partial charge is 0.467 e. The normalized spacial score (nSPS) is 18.4. The minimum absolute atomic E-state index is 0.0728. The Bertz CT molecular complexity index is 414. The second-order valence-corrected chi connectivity index (χ2v) is 4.13. The lowest BCUT2D eigenvalue weighted by Crippen LogP contribution is -2.15. The maximum absolute atomic E-state index is 11.4. The highest BCUT2D eigenvalue weighted by atomic mass is 16.5. The molecule has 16 heavy (non-hydrogen) atoms. The van der Waals surface area contributed by atoms with Crippen LogP contribution in [0, 0.1) is 6.92 Å². The van der Waals surface area contributed by atoms with E-state index in [2.05, 4.69) is 36.9 Å². The van der Waals surface area contributed by atoms with E-state index in [-0.39, 0.29) is 12.0 Å². The molecule has 1 atom stereocenters. The first-order valence-electron chi connectivity index (χ1n) is 5.62. The molecule has 1 unspecified atom stereocenters. The average molecular weight is 219 g/mol. The van der Waals surface area contributed by atoms with Crippen LogP contribution in [0.25, 0.3) is 0 Å². The van der Waals surface area contributed by atoms with Crippen molar-refractivity contribution >= 4 is 11.7 Å². The molecule has 2 rings (SSSR count). The van der Waals surface area contributed by atoms with E-state index in [0.29, 0.717) is 0 Å². The molecule has 0 saturated carbocycles. The van der Waals surface area contributed by atoms with Gasteiger partial charge in [-0.3, -0.25) is 0 Å². The van der Waals surface area contributed by atoms with E-state index in [1.807, 2.05) is 0 Å². The number of carbonyl (C=O) groups excluding carboxylic acids is 1. The lowest BCUT2D eigenvalue weighted by molar-refractivity contribution is -0.139. The molecule has 0 bridgehead atoms. The van der Waals surface area contributed by atoms with E-state index in [4.69, 9.17) is 4.74 Å². The number of aryl methyl sites for hydroxylation is 2. The van der Waals surface area contributed by atoms with Gasteiger partial charge in [0, 0.05) is 5.69 Å². The van der Waals surface area contributed by atoms with E-state index in [0.717, 1.165) is 13.0 Å². The van der Waals surface area contributed by atoms with Gasteiger partial charge < -0.3 is 9.64 Å².